The fourth-order valence-electron chi connectivity index (χ4n) is 9.42. The van der Waals surface area contributed by atoms with Crippen LogP contribution < -0.4 is 4.74 Å². The first-order valence-electron chi connectivity index (χ1n) is 19.3. The normalized spacial score (nSPS) is 12.4. The number of hydrogen-bond acceptors (Lipinski definition) is 3. The zero-order chi connectivity index (χ0) is 37.2. The van der Waals surface area contributed by atoms with Gasteiger partial charge in [0.05, 0.1) is 33.1 Å². The fraction of sp³-hybridized carbons (Fsp3) is 0. The topological polar surface area (TPSA) is 44.9 Å². The molecule has 0 bridgehead atoms. The Labute approximate surface area is 326 Å². The molecular formula is C52H30N4O. The minimum Gasteiger partial charge on any atom is -0.456 e. The van der Waals surface area contributed by atoms with Gasteiger partial charge in [-0.3, -0.25) is 9.55 Å². The second-order valence-corrected chi connectivity index (χ2v) is 15.0. The maximum Gasteiger partial charge on any atom is 0.138 e. The fourth-order valence-corrected chi connectivity index (χ4v) is 9.42. The molecule has 0 radical (unpaired) electrons. The Bertz CT molecular complexity index is 3670. The van der Waals surface area contributed by atoms with E-state index in [1.807, 2.05) is 12.3 Å². The summed E-state index contributed by atoms with van der Waals surface area (Å²) < 4.78 is 11.5. The maximum atomic E-state index is 6.84. The monoisotopic (exact) mass is 726 g/mol. The number of para-hydroxylation sites is 3. The molecule has 0 unspecified atom stereocenters. The number of ether oxygens (including phenoxy) is 1. The van der Waals surface area contributed by atoms with Crippen LogP contribution in [0.3, 0.4) is 0 Å². The molecule has 5 heterocycles. The highest BCUT2D eigenvalue weighted by Crippen LogP contribution is 2.51. The van der Waals surface area contributed by atoms with Gasteiger partial charge in [0.2, 0.25) is 0 Å². The lowest BCUT2D eigenvalue weighted by Gasteiger charge is -2.23. The van der Waals surface area contributed by atoms with E-state index in [4.69, 9.17) is 14.7 Å². The summed E-state index contributed by atoms with van der Waals surface area (Å²) in [6, 6.07) is 62.8. The van der Waals surface area contributed by atoms with E-state index in [1.165, 1.54) is 32.6 Å². The Balaban J connectivity index is 1.02. The molecule has 0 aliphatic carbocycles. The van der Waals surface area contributed by atoms with Gasteiger partial charge in [-0.15, -0.1) is 0 Å². The molecule has 4 aromatic heterocycles. The van der Waals surface area contributed by atoms with Gasteiger partial charge in [0, 0.05) is 55.2 Å². The van der Waals surface area contributed by atoms with Gasteiger partial charge >= 0.3 is 0 Å². The Hall–Kier alpha value is -7.76. The van der Waals surface area contributed by atoms with Crippen molar-refractivity contribution in [1.29, 1.82) is 0 Å². The van der Waals surface area contributed by atoms with Crippen molar-refractivity contribution in [3.05, 3.63) is 182 Å². The van der Waals surface area contributed by atoms with Crippen LogP contribution in [0.1, 0.15) is 0 Å². The molecule has 1 aliphatic heterocycles. The van der Waals surface area contributed by atoms with E-state index in [1.54, 1.807) is 0 Å². The van der Waals surface area contributed by atoms with Crippen LogP contribution >= 0.6 is 0 Å². The molecule has 5 nitrogen and oxygen atoms in total. The highest BCUT2D eigenvalue weighted by Gasteiger charge is 2.26. The highest BCUT2D eigenvalue weighted by atomic mass is 16.5. The van der Waals surface area contributed by atoms with Crippen LogP contribution in [0.15, 0.2) is 182 Å². The van der Waals surface area contributed by atoms with Crippen molar-refractivity contribution < 1.29 is 4.74 Å². The molecule has 0 amide bonds. The van der Waals surface area contributed by atoms with Crippen LogP contribution in [0.2, 0.25) is 0 Å². The lowest BCUT2D eigenvalue weighted by atomic mass is 9.90. The van der Waals surface area contributed by atoms with E-state index in [0.29, 0.717) is 0 Å². The number of pyridine rings is 2. The summed E-state index contributed by atoms with van der Waals surface area (Å²) in [6.45, 7) is 0. The Morgan fingerprint density at radius 1 is 0.404 bits per heavy atom. The maximum absolute atomic E-state index is 6.84. The van der Waals surface area contributed by atoms with E-state index in [-0.39, 0.29) is 0 Å². The SMILES string of the molecule is c1ccc(-n2c3ccccc3c3cc(-c4ccc5c(c4)Oc4cccc6c4c-5cc4c6c5ccccc5n4-c4ccc5ccc6cccnc6c5n4)ccc32)cc1. The van der Waals surface area contributed by atoms with E-state index >= 15 is 0 Å². The molecule has 264 valence electrons. The van der Waals surface area contributed by atoms with Gasteiger partial charge in [-0.05, 0) is 101 Å². The zero-order valence-corrected chi connectivity index (χ0v) is 30.5. The van der Waals surface area contributed by atoms with Crippen LogP contribution in [0, 0.1) is 0 Å². The summed E-state index contributed by atoms with van der Waals surface area (Å²) in [7, 11) is 0. The molecule has 8 aromatic carbocycles. The number of hydrogen-bond donors (Lipinski definition) is 0. The van der Waals surface area contributed by atoms with Crippen molar-refractivity contribution in [2.45, 2.75) is 0 Å². The van der Waals surface area contributed by atoms with Gasteiger partial charge in [0.1, 0.15) is 17.3 Å². The zero-order valence-electron chi connectivity index (χ0n) is 30.5. The first-order chi connectivity index (χ1) is 28.3. The minimum atomic E-state index is 0.850. The summed E-state index contributed by atoms with van der Waals surface area (Å²) in [5, 5.41) is 9.27. The number of aromatic nitrogens is 4. The van der Waals surface area contributed by atoms with Gasteiger partial charge in [0.25, 0.3) is 0 Å². The average Bonchev–Trinajstić information content (AvgIpc) is 3.79. The third kappa shape index (κ3) is 4.28. The molecule has 57 heavy (non-hydrogen) atoms. The lowest BCUT2D eigenvalue weighted by Crippen LogP contribution is -2.00. The van der Waals surface area contributed by atoms with E-state index in [9.17, 15) is 0 Å². The second kappa shape index (κ2) is 11.4. The van der Waals surface area contributed by atoms with Crippen molar-refractivity contribution in [1.82, 2.24) is 19.1 Å². The molecule has 0 fully saturated rings. The van der Waals surface area contributed by atoms with Crippen LogP contribution in [-0.2, 0) is 0 Å². The summed E-state index contributed by atoms with van der Waals surface area (Å²) in [5.41, 5.74) is 12.0. The second-order valence-electron chi connectivity index (χ2n) is 15.0. The minimum absolute atomic E-state index is 0.850. The third-order valence-electron chi connectivity index (χ3n) is 11.9. The number of fused-ring (bicyclic) bond motifs is 12. The van der Waals surface area contributed by atoms with Gasteiger partial charge in [-0.1, -0.05) is 97.1 Å². The van der Waals surface area contributed by atoms with E-state index in [2.05, 4.69) is 179 Å². The quantitative estimate of drug-likeness (QED) is 0.170. The van der Waals surface area contributed by atoms with Gasteiger partial charge in [0.15, 0.2) is 0 Å². The van der Waals surface area contributed by atoms with Crippen molar-refractivity contribution >= 4 is 76.2 Å². The van der Waals surface area contributed by atoms with Gasteiger partial charge in [-0.25, -0.2) is 4.98 Å². The van der Waals surface area contributed by atoms with E-state index in [0.717, 1.165) is 88.9 Å². The van der Waals surface area contributed by atoms with Crippen LogP contribution in [0.4, 0.5) is 0 Å². The molecule has 0 saturated carbocycles. The van der Waals surface area contributed by atoms with Crippen LogP contribution in [-0.4, -0.2) is 19.1 Å². The standard InChI is InChI=1S/C52H30N4O/c1-2-11-35(12-3-1)55-42-16-6-4-13-36(42)40-28-33(22-25-44(40)55)34-21-24-37-41-30-45-49(39-15-8-18-46(50(39)41)57-47(37)29-34)38-14-5-7-17-43(38)56(45)48-26-23-32-20-19-31-10-9-27-53-51(31)52(32)54-48/h1-30H. The largest absolute Gasteiger partial charge is 0.456 e. The Morgan fingerprint density at radius 3 is 2.02 bits per heavy atom. The summed E-state index contributed by atoms with van der Waals surface area (Å²) in [5.74, 6) is 2.58. The van der Waals surface area contributed by atoms with Gasteiger partial charge in [-0.2, -0.15) is 0 Å². The summed E-state index contributed by atoms with van der Waals surface area (Å²) >= 11 is 0. The van der Waals surface area contributed by atoms with Crippen LogP contribution in [0.5, 0.6) is 11.5 Å². The predicted octanol–water partition coefficient (Wildman–Crippen LogP) is 13.6. The molecule has 13 rings (SSSR count). The highest BCUT2D eigenvalue weighted by molar-refractivity contribution is 6.26. The predicted molar refractivity (Wildman–Crippen MR) is 234 cm³/mol. The van der Waals surface area contributed by atoms with Gasteiger partial charge < -0.3 is 9.30 Å². The number of nitrogens with zero attached hydrogens (tertiary/aromatic N) is 4. The first kappa shape index (κ1) is 30.6. The Kier molecular flexibility index (Phi) is 6.10. The molecule has 5 heteroatoms. The Morgan fingerprint density at radius 2 is 1.12 bits per heavy atom. The molecule has 0 N–H and O–H groups in total. The van der Waals surface area contributed by atoms with Crippen molar-refractivity contribution in [2.75, 3.05) is 0 Å². The lowest BCUT2D eigenvalue weighted by molar-refractivity contribution is 0.487. The first-order valence-corrected chi connectivity index (χ1v) is 19.3. The van der Waals surface area contributed by atoms with E-state index < -0.39 is 0 Å². The molecular weight excluding hydrogens is 697 g/mol. The van der Waals surface area contributed by atoms with Crippen molar-refractivity contribution in [2.24, 2.45) is 0 Å². The molecule has 12 aromatic rings. The summed E-state index contributed by atoms with van der Waals surface area (Å²) in [4.78, 5) is 10.1. The molecule has 1 aliphatic rings. The average molecular weight is 727 g/mol. The van der Waals surface area contributed by atoms with Crippen molar-refractivity contribution in [3.63, 3.8) is 0 Å². The third-order valence-corrected chi connectivity index (χ3v) is 11.9. The smallest absolute Gasteiger partial charge is 0.138 e. The summed E-state index contributed by atoms with van der Waals surface area (Å²) in [6.07, 6.45) is 1.85. The molecule has 0 saturated heterocycles. The van der Waals surface area contributed by atoms with Crippen molar-refractivity contribution in [3.8, 4) is 45.3 Å². The number of benzene rings is 8. The molecule has 0 spiro atoms. The van der Waals surface area contributed by atoms with Crippen LogP contribution in [0.25, 0.3) is 110 Å². The molecule has 0 atom stereocenters. The number of rotatable bonds is 3.